The molecular formula is C19H27N6O3S+. The Kier molecular flexibility index (Phi) is 5.16. The highest BCUT2D eigenvalue weighted by atomic mass is 32.1. The predicted molar refractivity (Wildman–Crippen MR) is 107 cm³/mol. The highest BCUT2D eigenvalue weighted by Gasteiger charge is 2.65. The highest BCUT2D eigenvalue weighted by molar-refractivity contribution is 7.11. The van der Waals surface area contributed by atoms with Crippen molar-refractivity contribution in [3.8, 4) is 0 Å². The Morgan fingerprint density at radius 3 is 2.79 bits per heavy atom. The topological polar surface area (TPSA) is 148 Å². The quantitative estimate of drug-likeness (QED) is 0.286. The second kappa shape index (κ2) is 7.49. The summed E-state index contributed by atoms with van der Waals surface area (Å²) in [6.07, 6.45) is 6.51. The van der Waals surface area contributed by atoms with E-state index in [-0.39, 0.29) is 41.4 Å². The SMILES string of the molecule is NC(N)=NCCC1CC1([NH2+]C(=O)CN1CCCC2(CC2)C1=O)C(=O)c1nccs1. The number of carbonyl (C=O) groups excluding carboxylic acids is 3. The first-order chi connectivity index (χ1) is 13.9. The molecule has 9 nitrogen and oxygen atoms in total. The molecule has 2 heterocycles. The number of aromatic nitrogens is 1. The fourth-order valence-electron chi connectivity index (χ4n) is 4.55. The van der Waals surface area contributed by atoms with Crippen LogP contribution in [0.1, 0.15) is 48.3 Å². The normalized spacial score (nSPS) is 27.0. The second-order valence-electron chi connectivity index (χ2n) is 8.42. The molecule has 156 valence electrons. The van der Waals surface area contributed by atoms with E-state index in [9.17, 15) is 14.4 Å². The Balaban J connectivity index is 1.43. The van der Waals surface area contributed by atoms with E-state index < -0.39 is 5.54 Å². The lowest BCUT2D eigenvalue weighted by Gasteiger charge is -2.31. The largest absolute Gasteiger partial charge is 0.370 e. The molecule has 10 heteroatoms. The molecule has 0 aromatic carbocycles. The molecule has 1 saturated heterocycles. The lowest BCUT2D eigenvalue weighted by Crippen LogP contribution is -2.99. The van der Waals surface area contributed by atoms with Crippen LogP contribution in [0.25, 0.3) is 0 Å². The summed E-state index contributed by atoms with van der Waals surface area (Å²) in [4.78, 5) is 48.4. The van der Waals surface area contributed by atoms with Crippen LogP contribution in [0, 0.1) is 11.3 Å². The van der Waals surface area contributed by atoms with Gasteiger partial charge in [-0.15, -0.1) is 11.3 Å². The third-order valence-corrected chi connectivity index (χ3v) is 7.19. The number of guanidine groups is 1. The summed E-state index contributed by atoms with van der Waals surface area (Å²) < 4.78 is 0. The van der Waals surface area contributed by atoms with Gasteiger partial charge in [0.2, 0.25) is 5.91 Å². The summed E-state index contributed by atoms with van der Waals surface area (Å²) in [5.74, 6) is -0.187. The van der Waals surface area contributed by atoms with E-state index in [2.05, 4.69) is 9.98 Å². The number of hydrogen-bond acceptors (Lipinski definition) is 6. The molecule has 1 spiro atoms. The van der Waals surface area contributed by atoms with E-state index in [1.165, 1.54) is 11.3 Å². The molecule has 1 aromatic heterocycles. The summed E-state index contributed by atoms with van der Waals surface area (Å²) in [6, 6.07) is 0. The molecule has 2 amide bonds. The van der Waals surface area contributed by atoms with Crippen LogP contribution in [-0.2, 0) is 9.59 Å². The minimum absolute atomic E-state index is 0.00205. The van der Waals surface area contributed by atoms with E-state index in [1.54, 1.807) is 21.8 Å². The highest BCUT2D eigenvalue weighted by Crippen LogP contribution is 2.52. The van der Waals surface area contributed by atoms with Crippen molar-refractivity contribution in [1.82, 2.24) is 9.88 Å². The average molecular weight is 420 g/mol. The number of aliphatic imine (C=N–C) groups is 1. The van der Waals surface area contributed by atoms with Gasteiger partial charge < -0.3 is 16.4 Å². The van der Waals surface area contributed by atoms with Crippen molar-refractivity contribution in [3.63, 3.8) is 0 Å². The van der Waals surface area contributed by atoms with Gasteiger partial charge in [-0.2, -0.15) is 0 Å². The number of quaternary nitrogens is 1. The van der Waals surface area contributed by atoms with E-state index in [4.69, 9.17) is 11.5 Å². The molecule has 3 aliphatic rings. The van der Waals surface area contributed by atoms with Gasteiger partial charge >= 0.3 is 5.91 Å². The summed E-state index contributed by atoms with van der Waals surface area (Å²) in [5, 5.41) is 3.70. The first-order valence-corrected chi connectivity index (χ1v) is 10.9. The van der Waals surface area contributed by atoms with Gasteiger partial charge in [0.1, 0.15) is 6.54 Å². The molecular weight excluding hydrogens is 392 g/mol. The minimum atomic E-state index is -0.857. The molecule has 6 N–H and O–H groups in total. The van der Waals surface area contributed by atoms with Crippen molar-refractivity contribution in [3.05, 3.63) is 16.6 Å². The number of nitrogens with two attached hydrogens (primary N) is 3. The van der Waals surface area contributed by atoms with Crippen molar-refractivity contribution in [2.24, 2.45) is 27.8 Å². The Labute approximate surface area is 172 Å². The van der Waals surface area contributed by atoms with Gasteiger partial charge in [0.25, 0.3) is 5.78 Å². The number of piperidine rings is 1. The summed E-state index contributed by atoms with van der Waals surface area (Å²) in [7, 11) is 0. The Morgan fingerprint density at radius 1 is 1.34 bits per heavy atom. The van der Waals surface area contributed by atoms with Gasteiger partial charge in [-0.25, -0.2) is 9.78 Å². The summed E-state index contributed by atoms with van der Waals surface area (Å²) in [6.45, 7) is 1.07. The van der Waals surface area contributed by atoms with Crippen LogP contribution in [0.4, 0.5) is 0 Å². The van der Waals surface area contributed by atoms with Crippen LogP contribution < -0.4 is 16.8 Å². The van der Waals surface area contributed by atoms with Gasteiger partial charge in [0.05, 0.1) is 0 Å². The van der Waals surface area contributed by atoms with Gasteiger partial charge in [0.15, 0.2) is 16.5 Å². The monoisotopic (exact) mass is 419 g/mol. The van der Waals surface area contributed by atoms with E-state index in [1.807, 2.05) is 0 Å². The maximum atomic E-state index is 13.1. The first-order valence-electron chi connectivity index (χ1n) is 10.0. The zero-order chi connectivity index (χ0) is 20.6. The van der Waals surface area contributed by atoms with Crippen molar-refractivity contribution < 1.29 is 19.7 Å². The fourth-order valence-corrected chi connectivity index (χ4v) is 5.22. The molecule has 2 atom stereocenters. The number of rotatable bonds is 8. The fraction of sp³-hybridized carbons (Fsp3) is 0.632. The number of Topliss-reactive ketones (excluding diaryl/α,β-unsaturated/α-hetero) is 1. The smallest absolute Gasteiger partial charge is 0.330 e. The number of primary amides is 1. The van der Waals surface area contributed by atoms with Crippen molar-refractivity contribution in [1.29, 1.82) is 0 Å². The number of carbonyl (C=O) groups is 3. The zero-order valence-corrected chi connectivity index (χ0v) is 17.1. The predicted octanol–water partition coefficient (Wildman–Crippen LogP) is -0.759. The number of nitrogens with zero attached hydrogens (tertiary/aromatic N) is 3. The van der Waals surface area contributed by atoms with E-state index in [0.29, 0.717) is 30.9 Å². The second-order valence-corrected chi connectivity index (χ2v) is 9.32. The van der Waals surface area contributed by atoms with Gasteiger partial charge in [0, 0.05) is 42.4 Å². The van der Waals surface area contributed by atoms with Crippen molar-refractivity contribution in [2.45, 2.75) is 44.1 Å². The third-order valence-electron chi connectivity index (χ3n) is 6.42. The summed E-state index contributed by atoms with van der Waals surface area (Å²) in [5.41, 5.74) is 9.71. The number of ketones is 1. The maximum absolute atomic E-state index is 13.1. The molecule has 2 aliphatic carbocycles. The van der Waals surface area contributed by atoms with E-state index >= 15 is 0 Å². The van der Waals surface area contributed by atoms with Gasteiger partial charge in [-0.3, -0.25) is 19.9 Å². The molecule has 0 radical (unpaired) electrons. The molecule has 2 unspecified atom stereocenters. The average Bonchev–Trinajstić information content (AvgIpc) is 3.52. The summed E-state index contributed by atoms with van der Waals surface area (Å²) >= 11 is 1.28. The van der Waals surface area contributed by atoms with Crippen molar-refractivity contribution in [2.75, 3.05) is 19.6 Å². The third kappa shape index (κ3) is 3.91. The van der Waals surface area contributed by atoms with Gasteiger partial charge in [-0.1, -0.05) is 0 Å². The molecule has 2 saturated carbocycles. The van der Waals surface area contributed by atoms with Crippen LogP contribution >= 0.6 is 11.3 Å². The molecule has 0 bridgehead atoms. The molecule has 4 rings (SSSR count). The van der Waals surface area contributed by atoms with Crippen LogP contribution in [0.2, 0.25) is 0 Å². The Hall–Kier alpha value is -2.33. The number of amides is 2. The standard InChI is InChI=1S/C19H26N6O3S/c20-17(21)23-6-2-12-10-19(12,14(27)15-22-7-9-29-15)24-13(26)11-25-8-1-3-18(4-5-18)16(25)28/h7,9,12H,1-6,8,10-11H2,(H,24,26)(H4,20,21,23)/p+1. The Bertz CT molecular complexity index is 846. The van der Waals surface area contributed by atoms with Gasteiger partial charge in [-0.05, 0) is 32.1 Å². The number of thiazole rings is 1. The molecule has 29 heavy (non-hydrogen) atoms. The first kappa shape index (κ1) is 20.0. The van der Waals surface area contributed by atoms with Crippen LogP contribution in [0.3, 0.4) is 0 Å². The zero-order valence-electron chi connectivity index (χ0n) is 16.3. The lowest BCUT2D eigenvalue weighted by atomic mass is 9.94. The molecule has 3 fully saturated rings. The van der Waals surface area contributed by atoms with Crippen molar-refractivity contribution >= 4 is 34.9 Å². The lowest BCUT2D eigenvalue weighted by molar-refractivity contribution is -0.607. The number of hydrogen-bond donors (Lipinski definition) is 3. The van der Waals surface area contributed by atoms with Crippen LogP contribution in [0.15, 0.2) is 16.6 Å². The van der Waals surface area contributed by atoms with Crippen LogP contribution in [0.5, 0.6) is 0 Å². The number of likely N-dealkylation sites (tertiary alicyclic amines) is 1. The molecule has 1 aliphatic heterocycles. The minimum Gasteiger partial charge on any atom is -0.370 e. The maximum Gasteiger partial charge on any atom is 0.330 e. The van der Waals surface area contributed by atoms with Crippen LogP contribution in [-0.4, -0.2) is 58.6 Å². The Morgan fingerprint density at radius 2 is 2.14 bits per heavy atom. The van der Waals surface area contributed by atoms with E-state index in [0.717, 1.165) is 25.7 Å². The molecule has 1 aromatic rings.